The molecule has 0 aromatic heterocycles. The van der Waals surface area contributed by atoms with E-state index in [0.717, 1.165) is 45.0 Å². The van der Waals surface area contributed by atoms with Crippen molar-refractivity contribution in [2.45, 2.75) is 38.5 Å². The number of morpholine rings is 1. The smallest absolute Gasteiger partial charge is 0.123 e. The highest BCUT2D eigenvalue weighted by atomic mass is 16.5. The first-order valence-electron chi connectivity index (χ1n) is 7.83. The van der Waals surface area contributed by atoms with Gasteiger partial charge in [0, 0.05) is 32.6 Å². The van der Waals surface area contributed by atoms with Crippen LogP contribution in [0.4, 0.5) is 0 Å². The topological polar surface area (TPSA) is 33.7 Å². The van der Waals surface area contributed by atoms with Crippen LogP contribution in [0.1, 0.15) is 25.0 Å². The summed E-state index contributed by atoms with van der Waals surface area (Å²) in [6.45, 7) is 8.97. The molecular formula is C17H26N2O2. The molecule has 1 saturated heterocycles. The molecule has 21 heavy (non-hydrogen) atoms. The van der Waals surface area contributed by atoms with Gasteiger partial charge < -0.3 is 19.7 Å². The minimum Gasteiger partial charge on any atom is -0.487 e. The molecule has 4 heteroatoms. The van der Waals surface area contributed by atoms with E-state index in [-0.39, 0.29) is 5.60 Å². The molecule has 116 valence electrons. The summed E-state index contributed by atoms with van der Waals surface area (Å²) < 4.78 is 11.7. The van der Waals surface area contributed by atoms with Crippen LogP contribution in [0.3, 0.4) is 0 Å². The van der Waals surface area contributed by atoms with Crippen LogP contribution in [0.25, 0.3) is 0 Å². The molecule has 0 bridgehead atoms. The van der Waals surface area contributed by atoms with Crippen LogP contribution >= 0.6 is 0 Å². The van der Waals surface area contributed by atoms with Crippen molar-refractivity contribution >= 4 is 0 Å². The third kappa shape index (κ3) is 3.76. The van der Waals surface area contributed by atoms with Crippen LogP contribution in [0.15, 0.2) is 18.2 Å². The quantitative estimate of drug-likeness (QED) is 0.917. The Bertz CT molecular complexity index is 502. The number of likely N-dealkylation sites (N-methyl/N-ethyl adjacent to an activating group) is 1. The second-order valence-electron chi connectivity index (χ2n) is 6.87. The molecule has 1 atom stereocenters. The summed E-state index contributed by atoms with van der Waals surface area (Å²) in [4.78, 5) is 2.32. The van der Waals surface area contributed by atoms with Crippen molar-refractivity contribution in [2.24, 2.45) is 0 Å². The van der Waals surface area contributed by atoms with Crippen LogP contribution in [0, 0.1) is 0 Å². The summed E-state index contributed by atoms with van der Waals surface area (Å²) in [6.07, 6.45) is 1.30. The van der Waals surface area contributed by atoms with Gasteiger partial charge in [0.1, 0.15) is 11.4 Å². The lowest BCUT2D eigenvalue weighted by Gasteiger charge is -2.30. The van der Waals surface area contributed by atoms with Gasteiger partial charge in [-0.05, 0) is 38.1 Å². The van der Waals surface area contributed by atoms with Crippen molar-refractivity contribution in [3.05, 3.63) is 29.3 Å². The molecule has 4 nitrogen and oxygen atoms in total. The Kier molecular flexibility index (Phi) is 4.20. The molecule has 1 aromatic rings. The summed E-state index contributed by atoms with van der Waals surface area (Å²) in [5, 5.41) is 3.51. The number of nitrogens with zero attached hydrogens (tertiary/aromatic N) is 1. The van der Waals surface area contributed by atoms with Crippen LogP contribution in [-0.4, -0.2) is 49.9 Å². The lowest BCUT2D eigenvalue weighted by atomic mass is 10.0. The number of hydrogen-bond donors (Lipinski definition) is 1. The summed E-state index contributed by atoms with van der Waals surface area (Å²) in [5.74, 6) is 1.04. The zero-order valence-electron chi connectivity index (χ0n) is 13.3. The largest absolute Gasteiger partial charge is 0.487 e. The van der Waals surface area contributed by atoms with Gasteiger partial charge >= 0.3 is 0 Å². The molecule has 0 spiro atoms. The Morgan fingerprint density at radius 2 is 2.24 bits per heavy atom. The summed E-state index contributed by atoms with van der Waals surface area (Å²) in [7, 11) is 2.15. The Labute approximate surface area is 127 Å². The van der Waals surface area contributed by atoms with Gasteiger partial charge in [-0.3, -0.25) is 0 Å². The first-order valence-corrected chi connectivity index (χ1v) is 7.83. The normalized spacial score (nSPS) is 24.6. The maximum atomic E-state index is 5.91. The van der Waals surface area contributed by atoms with Gasteiger partial charge in [-0.25, -0.2) is 0 Å². The van der Waals surface area contributed by atoms with E-state index in [1.807, 2.05) is 0 Å². The summed E-state index contributed by atoms with van der Waals surface area (Å²) in [6, 6.07) is 6.53. The van der Waals surface area contributed by atoms with Gasteiger partial charge in [0.15, 0.2) is 0 Å². The van der Waals surface area contributed by atoms with E-state index < -0.39 is 0 Å². The van der Waals surface area contributed by atoms with E-state index in [2.05, 4.69) is 49.3 Å². The van der Waals surface area contributed by atoms with Crippen molar-refractivity contribution in [2.75, 3.05) is 33.3 Å². The molecule has 0 aliphatic carbocycles. The Morgan fingerprint density at radius 3 is 3.05 bits per heavy atom. The van der Waals surface area contributed by atoms with E-state index in [1.54, 1.807) is 0 Å². The number of hydrogen-bond acceptors (Lipinski definition) is 4. The maximum absolute atomic E-state index is 5.91. The van der Waals surface area contributed by atoms with E-state index in [0.29, 0.717) is 6.10 Å². The molecule has 2 aliphatic heterocycles. The Balaban J connectivity index is 1.50. The number of rotatable bonds is 4. The van der Waals surface area contributed by atoms with E-state index in [4.69, 9.17) is 9.47 Å². The molecule has 1 N–H and O–H groups in total. The molecule has 2 aliphatic rings. The van der Waals surface area contributed by atoms with Crippen molar-refractivity contribution in [3.8, 4) is 5.75 Å². The zero-order valence-corrected chi connectivity index (χ0v) is 13.3. The predicted octanol–water partition coefficient (Wildman–Crippen LogP) is 1.82. The van der Waals surface area contributed by atoms with E-state index in [1.165, 1.54) is 11.1 Å². The third-order valence-electron chi connectivity index (χ3n) is 4.17. The van der Waals surface area contributed by atoms with Gasteiger partial charge in [0.05, 0.1) is 12.7 Å². The minimum atomic E-state index is -0.0606. The van der Waals surface area contributed by atoms with Gasteiger partial charge in [-0.1, -0.05) is 12.1 Å². The van der Waals surface area contributed by atoms with Crippen molar-refractivity contribution in [3.63, 3.8) is 0 Å². The van der Waals surface area contributed by atoms with Crippen molar-refractivity contribution in [1.29, 1.82) is 0 Å². The molecule has 0 unspecified atom stereocenters. The minimum absolute atomic E-state index is 0.0606. The molecule has 1 fully saturated rings. The zero-order chi connectivity index (χ0) is 14.9. The molecule has 0 radical (unpaired) electrons. The van der Waals surface area contributed by atoms with Crippen molar-refractivity contribution < 1.29 is 9.47 Å². The summed E-state index contributed by atoms with van der Waals surface area (Å²) >= 11 is 0. The highest BCUT2D eigenvalue weighted by Gasteiger charge is 2.29. The van der Waals surface area contributed by atoms with Crippen LogP contribution in [-0.2, 0) is 17.7 Å². The number of ether oxygens (including phenoxy) is 2. The molecule has 1 aromatic carbocycles. The van der Waals surface area contributed by atoms with Crippen LogP contribution < -0.4 is 10.1 Å². The Hall–Kier alpha value is -1.10. The van der Waals surface area contributed by atoms with Gasteiger partial charge in [0.25, 0.3) is 0 Å². The Morgan fingerprint density at radius 1 is 1.38 bits per heavy atom. The van der Waals surface area contributed by atoms with Gasteiger partial charge in [-0.2, -0.15) is 0 Å². The summed E-state index contributed by atoms with van der Waals surface area (Å²) in [5.41, 5.74) is 2.58. The monoisotopic (exact) mass is 290 g/mol. The van der Waals surface area contributed by atoms with Crippen molar-refractivity contribution in [1.82, 2.24) is 10.2 Å². The lowest BCUT2D eigenvalue weighted by Crippen LogP contribution is -2.44. The SMILES string of the molecule is CN1CCO[C@@H](CNCc2ccc3c(c2)CC(C)(C)O3)C1. The number of nitrogens with one attached hydrogen (secondary N) is 1. The molecule has 0 saturated carbocycles. The predicted molar refractivity (Wildman–Crippen MR) is 83.8 cm³/mol. The highest BCUT2D eigenvalue weighted by Crippen LogP contribution is 2.35. The fourth-order valence-corrected chi connectivity index (χ4v) is 3.14. The molecule has 2 heterocycles. The average Bonchev–Trinajstić information content (AvgIpc) is 2.72. The second-order valence-corrected chi connectivity index (χ2v) is 6.87. The number of benzene rings is 1. The van der Waals surface area contributed by atoms with Crippen LogP contribution in [0.2, 0.25) is 0 Å². The van der Waals surface area contributed by atoms with Gasteiger partial charge in [0.2, 0.25) is 0 Å². The lowest BCUT2D eigenvalue weighted by molar-refractivity contribution is -0.0182. The highest BCUT2D eigenvalue weighted by molar-refractivity contribution is 5.41. The third-order valence-corrected chi connectivity index (χ3v) is 4.17. The van der Waals surface area contributed by atoms with E-state index >= 15 is 0 Å². The second kappa shape index (κ2) is 5.95. The fourth-order valence-electron chi connectivity index (χ4n) is 3.14. The molecule has 3 rings (SSSR count). The van der Waals surface area contributed by atoms with E-state index in [9.17, 15) is 0 Å². The average molecular weight is 290 g/mol. The number of fused-ring (bicyclic) bond motifs is 1. The fraction of sp³-hybridized carbons (Fsp3) is 0.647. The molecule has 0 amide bonds. The van der Waals surface area contributed by atoms with Crippen LogP contribution in [0.5, 0.6) is 5.75 Å². The first kappa shape index (κ1) is 14.8. The maximum Gasteiger partial charge on any atom is 0.123 e. The first-order chi connectivity index (χ1) is 10.0. The van der Waals surface area contributed by atoms with Gasteiger partial charge in [-0.15, -0.1) is 0 Å². The standard InChI is InChI=1S/C17H26N2O2/c1-17(2)9-14-8-13(4-5-16(14)21-17)10-18-11-15-12-19(3)6-7-20-15/h4-5,8,15,18H,6-7,9-12H2,1-3H3/t15-/m0/s1. The molecular weight excluding hydrogens is 264 g/mol.